The van der Waals surface area contributed by atoms with Crippen LogP contribution in [0.4, 0.5) is 0 Å². The Bertz CT molecular complexity index is 445. The van der Waals surface area contributed by atoms with Crippen LogP contribution in [0.2, 0.25) is 10.0 Å². The molecule has 1 aliphatic heterocycles. The molecule has 2 atom stereocenters. The molecule has 3 nitrogen and oxygen atoms in total. The SMILES string of the molecule is C[C@H](NC(=O)c1ccc(Cl)c(Cl)c1)[C@H]1CCCO1. The van der Waals surface area contributed by atoms with Crippen LogP contribution in [0.15, 0.2) is 18.2 Å². The summed E-state index contributed by atoms with van der Waals surface area (Å²) < 4.78 is 5.53. The predicted octanol–water partition coefficient (Wildman–Crippen LogP) is 3.29. The molecule has 1 aromatic rings. The summed E-state index contributed by atoms with van der Waals surface area (Å²) in [7, 11) is 0. The van der Waals surface area contributed by atoms with Crippen molar-refractivity contribution in [2.45, 2.75) is 31.9 Å². The molecule has 0 radical (unpaired) electrons. The number of hydrogen-bond donors (Lipinski definition) is 1. The van der Waals surface area contributed by atoms with E-state index in [1.807, 2.05) is 6.92 Å². The van der Waals surface area contributed by atoms with Crippen molar-refractivity contribution in [3.63, 3.8) is 0 Å². The number of benzene rings is 1. The summed E-state index contributed by atoms with van der Waals surface area (Å²) in [4.78, 5) is 12.0. The molecular weight excluding hydrogens is 273 g/mol. The fourth-order valence-electron chi connectivity index (χ4n) is 2.02. The number of carbonyl (C=O) groups excluding carboxylic acids is 1. The molecule has 0 aliphatic carbocycles. The lowest BCUT2D eigenvalue weighted by Gasteiger charge is -2.20. The Labute approximate surface area is 116 Å². The lowest BCUT2D eigenvalue weighted by molar-refractivity contribution is 0.0712. The summed E-state index contributed by atoms with van der Waals surface area (Å²) in [6, 6.07) is 4.84. The van der Waals surface area contributed by atoms with Crippen molar-refractivity contribution < 1.29 is 9.53 Å². The highest BCUT2D eigenvalue weighted by Crippen LogP contribution is 2.23. The van der Waals surface area contributed by atoms with Crippen LogP contribution in [-0.4, -0.2) is 24.7 Å². The van der Waals surface area contributed by atoms with Crippen LogP contribution in [0.1, 0.15) is 30.1 Å². The highest BCUT2D eigenvalue weighted by Gasteiger charge is 2.24. The third-order valence-electron chi connectivity index (χ3n) is 3.06. The van der Waals surface area contributed by atoms with Crippen LogP contribution in [0.25, 0.3) is 0 Å². The molecule has 0 bridgehead atoms. The van der Waals surface area contributed by atoms with Crippen molar-refractivity contribution in [3.8, 4) is 0 Å². The Kier molecular flexibility index (Phi) is 4.49. The highest BCUT2D eigenvalue weighted by atomic mass is 35.5. The molecule has 1 N–H and O–H groups in total. The van der Waals surface area contributed by atoms with E-state index in [1.54, 1.807) is 18.2 Å². The second kappa shape index (κ2) is 5.91. The summed E-state index contributed by atoms with van der Waals surface area (Å²) in [5, 5.41) is 3.75. The standard InChI is InChI=1S/C13H15Cl2NO2/c1-8(12-3-2-6-18-12)16-13(17)9-4-5-10(14)11(15)7-9/h4-5,7-8,12H,2-3,6H2,1H3,(H,16,17)/t8-,12+/m0/s1. The molecule has 98 valence electrons. The normalized spacial score (nSPS) is 20.7. The monoisotopic (exact) mass is 287 g/mol. The van der Waals surface area contributed by atoms with Gasteiger partial charge in [-0.25, -0.2) is 0 Å². The van der Waals surface area contributed by atoms with Gasteiger partial charge >= 0.3 is 0 Å². The molecule has 1 saturated heterocycles. The number of rotatable bonds is 3. The molecule has 2 rings (SSSR count). The van der Waals surface area contributed by atoms with Gasteiger partial charge in [0, 0.05) is 12.2 Å². The Hall–Kier alpha value is -0.770. The van der Waals surface area contributed by atoms with Crippen LogP contribution in [0.3, 0.4) is 0 Å². The zero-order valence-corrected chi connectivity index (χ0v) is 11.6. The maximum atomic E-state index is 12.0. The number of nitrogens with one attached hydrogen (secondary N) is 1. The number of carbonyl (C=O) groups is 1. The van der Waals surface area contributed by atoms with Crippen molar-refractivity contribution in [2.75, 3.05) is 6.61 Å². The first-order valence-corrected chi connectivity index (χ1v) is 6.71. The summed E-state index contributed by atoms with van der Waals surface area (Å²) in [6.07, 6.45) is 2.15. The van der Waals surface area contributed by atoms with Gasteiger partial charge < -0.3 is 10.1 Å². The first kappa shape index (κ1) is 13.7. The van der Waals surface area contributed by atoms with Gasteiger partial charge in [0.05, 0.1) is 22.2 Å². The lowest BCUT2D eigenvalue weighted by atomic mass is 10.1. The van der Waals surface area contributed by atoms with Crippen molar-refractivity contribution >= 4 is 29.1 Å². The van der Waals surface area contributed by atoms with Crippen molar-refractivity contribution in [3.05, 3.63) is 33.8 Å². The van der Waals surface area contributed by atoms with Crippen LogP contribution < -0.4 is 5.32 Å². The zero-order chi connectivity index (χ0) is 13.1. The molecule has 1 fully saturated rings. The average molecular weight is 288 g/mol. The number of halogens is 2. The minimum absolute atomic E-state index is 0.00514. The molecule has 1 heterocycles. The van der Waals surface area contributed by atoms with Crippen molar-refractivity contribution in [2.24, 2.45) is 0 Å². The van der Waals surface area contributed by atoms with Gasteiger partial charge in [-0.15, -0.1) is 0 Å². The molecule has 0 spiro atoms. The van der Waals surface area contributed by atoms with E-state index in [2.05, 4.69) is 5.32 Å². The van der Waals surface area contributed by atoms with E-state index in [9.17, 15) is 4.79 Å². The Balaban J connectivity index is 2.00. The van der Waals surface area contributed by atoms with Gasteiger partial charge in [-0.3, -0.25) is 4.79 Å². The molecule has 1 amide bonds. The molecular formula is C13H15Cl2NO2. The molecule has 1 aliphatic rings. The zero-order valence-electron chi connectivity index (χ0n) is 10.1. The predicted molar refractivity (Wildman–Crippen MR) is 72.4 cm³/mol. The summed E-state index contributed by atoms with van der Waals surface area (Å²) in [5.41, 5.74) is 0.509. The van der Waals surface area contributed by atoms with Gasteiger partial charge in [-0.05, 0) is 38.0 Å². The van der Waals surface area contributed by atoms with Crippen LogP contribution in [-0.2, 0) is 4.74 Å². The Morgan fingerprint density at radius 2 is 2.22 bits per heavy atom. The van der Waals surface area contributed by atoms with Crippen molar-refractivity contribution in [1.29, 1.82) is 0 Å². The van der Waals surface area contributed by atoms with Gasteiger partial charge in [0.2, 0.25) is 0 Å². The van der Waals surface area contributed by atoms with E-state index in [0.717, 1.165) is 19.4 Å². The first-order valence-electron chi connectivity index (χ1n) is 5.95. The highest BCUT2D eigenvalue weighted by molar-refractivity contribution is 6.42. The molecule has 0 unspecified atom stereocenters. The van der Waals surface area contributed by atoms with Gasteiger partial charge in [0.1, 0.15) is 0 Å². The average Bonchev–Trinajstić information content (AvgIpc) is 2.86. The minimum atomic E-state index is -0.156. The first-order chi connectivity index (χ1) is 8.58. The van der Waals surface area contributed by atoms with Gasteiger partial charge in [0.15, 0.2) is 0 Å². The second-order valence-corrected chi connectivity index (χ2v) is 5.26. The summed E-state index contributed by atoms with van der Waals surface area (Å²) in [5.74, 6) is -0.156. The third kappa shape index (κ3) is 3.16. The Morgan fingerprint density at radius 1 is 1.44 bits per heavy atom. The third-order valence-corrected chi connectivity index (χ3v) is 3.80. The van der Waals surface area contributed by atoms with E-state index < -0.39 is 0 Å². The fourth-order valence-corrected chi connectivity index (χ4v) is 2.32. The molecule has 0 saturated carbocycles. The Morgan fingerprint density at radius 3 is 2.83 bits per heavy atom. The van der Waals surface area contributed by atoms with Gasteiger partial charge in [-0.2, -0.15) is 0 Å². The van der Waals surface area contributed by atoms with E-state index in [-0.39, 0.29) is 18.1 Å². The smallest absolute Gasteiger partial charge is 0.251 e. The van der Waals surface area contributed by atoms with Gasteiger partial charge in [0.25, 0.3) is 5.91 Å². The van der Waals surface area contributed by atoms with Crippen LogP contribution >= 0.6 is 23.2 Å². The van der Waals surface area contributed by atoms with E-state index >= 15 is 0 Å². The molecule has 18 heavy (non-hydrogen) atoms. The maximum Gasteiger partial charge on any atom is 0.251 e. The number of ether oxygens (including phenoxy) is 1. The van der Waals surface area contributed by atoms with E-state index in [0.29, 0.717) is 15.6 Å². The quantitative estimate of drug-likeness (QED) is 0.926. The van der Waals surface area contributed by atoms with E-state index in [4.69, 9.17) is 27.9 Å². The molecule has 5 heteroatoms. The van der Waals surface area contributed by atoms with Crippen LogP contribution in [0.5, 0.6) is 0 Å². The topological polar surface area (TPSA) is 38.3 Å². The number of amides is 1. The lowest BCUT2D eigenvalue weighted by Crippen LogP contribution is -2.40. The maximum absolute atomic E-state index is 12.0. The molecule has 0 aromatic heterocycles. The summed E-state index contributed by atoms with van der Waals surface area (Å²) >= 11 is 11.7. The van der Waals surface area contributed by atoms with Crippen LogP contribution in [0, 0.1) is 0 Å². The largest absolute Gasteiger partial charge is 0.376 e. The molecule has 1 aromatic carbocycles. The fraction of sp³-hybridized carbons (Fsp3) is 0.462. The minimum Gasteiger partial charge on any atom is -0.376 e. The second-order valence-electron chi connectivity index (χ2n) is 4.44. The van der Waals surface area contributed by atoms with Crippen molar-refractivity contribution in [1.82, 2.24) is 5.32 Å². The van der Waals surface area contributed by atoms with E-state index in [1.165, 1.54) is 0 Å². The number of hydrogen-bond acceptors (Lipinski definition) is 2. The van der Waals surface area contributed by atoms with Gasteiger partial charge in [-0.1, -0.05) is 23.2 Å². The summed E-state index contributed by atoms with van der Waals surface area (Å²) in [6.45, 7) is 2.73.